The fourth-order valence-electron chi connectivity index (χ4n) is 2.95. The van der Waals surface area contributed by atoms with Crippen LogP contribution in [0.3, 0.4) is 0 Å². The van der Waals surface area contributed by atoms with Crippen molar-refractivity contribution in [1.29, 1.82) is 0 Å². The minimum Gasteiger partial charge on any atom is -0.267 e. The third-order valence-corrected chi connectivity index (χ3v) is 6.27. The minimum atomic E-state index is -0.395. The van der Waals surface area contributed by atoms with E-state index < -0.39 is 5.91 Å². The molecule has 3 aromatic carbocycles. The van der Waals surface area contributed by atoms with Crippen molar-refractivity contribution in [2.24, 2.45) is 5.10 Å². The van der Waals surface area contributed by atoms with Crippen LogP contribution in [0.1, 0.15) is 15.9 Å². The maximum absolute atomic E-state index is 13.6. The molecule has 0 spiro atoms. The van der Waals surface area contributed by atoms with Gasteiger partial charge in [-0.1, -0.05) is 23.5 Å². The van der Waals surface area contributed by atoms with E-state index in [0.29, 0.717) is 26.5 Å². The number of hydrazone groups is 1. The van der Waals surface area contributed by atoms with E-state index in [1.807, 2.05) is 0 Å². The van der Waals surface area contributed by atoms with Gasteiger partial charge in [0, 0.05) is 5.56 Å². The molecule has 0 unspecified atom stereocenters. The normalized spacial score (nSPS) is 11.5. The first-order valence-corrected chi connectivity index (χ1v) is 10.8. The Hall–Kier alpha value is -3.56. The molecule has 0 aliphatic heterocycles. The van der Waals surface area contributed by atoms with Gasteiger partial charge in [-0.3, -0.25) is 4.79 Å². The molecule has 152 valence electrons. The lowest BCUT2D eigenvalue weighted by molar-refractivity contribution is 0.0988. The molecule has 0 bridgehead atoms. The molecule has 5 rings (SSSR count). The molecular weight excluding hydrogens is 438 g/mol. The SMILES string of the molecule is O=C(c1ccc2ncsc2c1)N(/N=C/c1ccc(F)cc1)c1nc2ccc(F)cc2s1. The molecule has 9 heteroatoms. The third-order valence-electron chi connectivity index (χ3n) is 4.48. The molecule has 0 N–H and O–H groups in total. The number of fused-ring (bicyclic) bond motifs is 2. The molecule has 5 nitrogen and oxygen atoms in total. The number of benzene rings is 3. The summed E-state index contributed by atoms with van der Waals surface area (Å²) < 4.78 is 28.3. The van der Waals surface area contributed by atoms with E-state index >= 15 is 0 Å². The number of aromatic nitrogens is 2. The summed E-state index contributed by atoms with van der Waals surface area (Å²) in [6, 6.07) is 15.2. The van der Waals surface area contributed by atoms with E-state index in [4.69, 9.17) is 0 Å². The number of halogens is 2. The number of nitrogens with zero attached hydrogens (tertiary/aromatic N) is 4. The van der Waals surface area contributed by atoms with Gasteiger partial charge in [0.25, 0.3) is 5.91 Å². The number of rotatable bonds is 4. The topological polar surface area (TPSA) is 58.5 Å². The average Bonchev–Trinajstić information content (AvgIpc) is 3.40. The van der Waals surface area contributed by atoms with Crippen LogP contribution in [0, 0.1) is 11.6 Å². The van der Waals surface area contributed by atoms with Crippen molar-refractivity contribution in [2.75, 3.05) is 5.01 Å². The summed E-state index contributed by atoms with van der Waals surface area (Å²) in [5.41, 5.74) is 4.11. The monoisotopic (exact) mass is 450 g/mol. The maximum Gasteiger partial charge on any atom is 0.280 e. The molecule has 0 radical (unpaired) electrons. The molecule has 0 saturated carbocycles. The lowest BCUT2D eigenvalue weighted by Crippen LogP contribution is -2.25. The smallest absolute Gasteiger partial charge is 0.267 e. The molecule has 0 fully saturated rings. The van der Waals surface area contributed by atoms with Crippen molar-refractivity contribution in [2.45, 2.75) is 0 Å². The number of hydrogen-bond acceptors (Lipinski definition) is 6. The zero-order chi connectivity index (χ0) is 21.4. The van der Waals surface area contributed by atoms with Crippen LogP contribution >= 0.6 is 22.7 Å². The van der Waals surface area contributed by atoms with Crippen LogP contribution in [0.5, 0.6) is 0 Å². The molecule has 0 saturated heterocycles. The standard InChI is InChI=1S/C22H12F2N4OS2/c23-15-4-1-13(2-5-15)11-26-28(22-27-18-8-6-16(24)10-20(18)31-22)21(29)14-3-7-17-19(9-14)30-12-25-17/h1-12H/b26-11+. The molecule has 31 heavy (non-hydrogen) atoms. The molecule has 5 aromatic rings. The van der Waals surface area contributed by atoms with Crippen LogP contribution in [-0.4, -0.2) is 22.1 Å². The van der Waals surface area contributed by atoms with E-state index in [2.05, 4.69) is 15.1 Å². The van der Waals surface area contributed by atoms with E-state index in [-0.39, 0.29) is 11.6 Å². The first kappa shape index (κ1) is 19.4. The van der Waals surface area contributed by atoms with Gasteiger partial charge in [0.05, 0.1) is 32.2 Å². The van der Waals surface area contributed by atoms with Crippen LogP contribution in [0.25, 0.3) is 20.4 Å². The molecular formula is C22H12F2N4OS2. The van der Waals surface area contributed by atoms with Crippen molar-refractivity contribution < 1.29 is 13.6 Å². The third kappa shape index (κ3) is 3.92. The van der Waals surface area contributed by atoms with Crippen molar-refractivity contribution in [3.05, 3.63) is 88.9 Å². The molecule has 0 aliphatic rings. The van der Waals surface area contributed by atoms with Crippen molar-refractivity contribution in [1.82, 2.24) is 9.97 Å². The summed E-state index contributed by atoms with van der Waals surface area (Å²) in [6.45, 7) is 0. The van der Waals surface area contributed by atoms with Gasteiger partial charge in [0.1, 0.15) is 11.6 Å². The highest BCUT2D eigenvalue weighted by molar-refractivity contribution is 7.22. The van der Waals surface area contributed by atoms with Crippen LogP contribution in [-0.2, 0) is 0 Å². The Kier molecular flexibility index (Phi) is 4.97. The average molecular weight is 450 g/mol. The van der Waals surface area contributed by atoms with Gasteiger partial charge in [-0.05, 0) is 54.1 Å². The lowest BCUT2D eigenvalue weighted by Gasteiger charge is -2.14. The Morgan fingerprint density at radius 3 is 2.55 bits per heavy atom. The van der Waals surface area contributed by atoms with Gasteiger partial charge in [-0.2, -0.15) is 10.1 Å². The zero-order valence-electron chi connectivity index (χ0n) is 15.7. The molecule has 1 amide bonds. The van der Waals surface area contributed by atoms with E-state index in [1.54, 1.807) is 41.9 Å². The van der Waals surface area contributed by atoms with Crippen LogP contribution < -0.4 is 5.01 Å². The predicted molar refractivity (Wildman–Crippen MR) is 120 cm³/mol. The van der Waals surface area contributed by atoms with E-state index in [9.17, 15) is 13.6 Å². The van der Waals surface area contributed by atoms with Gasteiger partial charge < -0.3 is 0 Å². The van der Waals surface area contributed by atoms with Gasteiger partial charge in [-0.25, -0.2) is 18.7 Å². The Balaban J connectivity index is 1.57. The Morgan fingerprint density at radius 1 is 0.935 bits per heavy atom. The Bertz CT molecular complexity index is 1440. The predicted octanol–water partition coefficient (Wildman–Crippen LogP) is 5.87. The highest BCUT2D eigenvalue weighted by atomic mass is 32.1. The highest BCUT2D eigenvalue weighted by Gasteiger charge is 2.22. The first-order valence-electron chi connectivity index (χ1n) is 9.10. The fourth-order valence-corrected chi connectivity index (χ4v) is 4.61. The van der Waals surface area contributed by atoms with E-state index in [0.717, 1.165) is 21.6 Å². The molecule has 2 aromatic heterocycles. The lowest BCUT2D eigenvalue weighted by atomic mass is 10.2. The van der Waals surface area contributed by atoms with Crippen molar-refractivity contribution >= 4 is 60.4 Å². The number of hydrogen-bond donors (Lipinski definition) is 0. The van der Waals surface area contributed by atoms with Crippen LogP contribution in [0.2, 0.25) is 0 Å². The van der Waals surface area contributed by atoms with Gasteiger partial charge in [0.15, 0.2) is 0 Å². The second-order valence-electron chi connectivity index (χ2n) is 6.56. The number of amides is 1. The zero-order valence-corrected chi connectivity index (χ0v) is 17.3. The second kappa shape index (κ2) is 7.93. The minimum absolute atomic E-state index is 0.299. The summed E-state index contributed by atoms with van der Waals surface area (Å²) >= 11 is 2.59. The number of thiazole rings is 2. The largest absolute Gasteiger partial charge is 0.280 e. The summed E-state index contributed by atoms with van der Waals surface area (Å²) in [6.07, 6.45) is 1.45. The molecule has 2 heterocycles. The second-order valence-corrected chi connectivity index (χ2v) is 8.45. The molecule has 0 aliphatic carbocycles. The van der Waals surface area contributed by atoms with Gasteiger partial charge >= 0.3 is 0 Å². The Morgan fingerprint density at radius 2 is 1.71 bits per heavy atom. The quantitative estimate of drug-likeness (QED) is 0.254. The van der Waals surface area contributed by atoms with Crippen LogP contribution in [0.4, 0.5) is 13.9 Å². The van der Waals surface area contributed by atoms with Crippen LogP contribution in [0.15, 0.2) is 71.3 Å². The number of anilines is 1. The number of carbonyl (C=O) groups excluding carboxylic acids is 1. The maximum atomic E-state index is 13.6. The van der Waals surface area contributed by atoms with Gasteiger partial charge in [0.2, 0.25) is 5.13 Å². The molecule has 0 atom stereocenters. The summed E-state index contributed by atoms with van der Waals surface area (Å²) in [5.74, 6) is -1.14. The number of carbonyl (C=O) groups is 1. The Labute approximate surface area is 182 Å². The van der Waals surface area contributed by atoms with E-state index in [1.165, 1.54) is 46.8 Å². The summed E-state index contributed by atoms with van der Waals surface area (Å²) in [7, 11) is 0. The van der Waals surface area contributed by atoms with Gasteiger partial charge in [-0.15, -0.1) is 11.3 Å². The summed E-state index contributed by atoms with van der Waals surface area (Å²) in [5, 5.41) is 5.81. The highest BCUT2D eigenvalue weighted by Crippen LogP contribution is 2.31. The first-order chi connectivity index (χ1) is 15.1. The fraction of sp³-hybridized carbons (Fsp3) is 0. The summed E-state index contributed by atoms with van der Waals surface area (Å²) in [4.78, 5) is 22.0. The van der Waals surface area contributed by atoms with Crippen molar-refractivity contribution in [3.63, 3.8) is 0 Å². The van der Waals surface area contributed by atoms with Crippen molar-refractivity contribution in [3.8, 4) is 0 Å².